The van der Waals surface area contributed by atoms with E-state index >= 15 is 0 Å². The van der Waals surface area contributed by atoms with Gasteiger partial charge in [0.2, 0.25) is 0 Å². The van der Waals surface area contributed by atoms with E-state index in [2.05, 4.69) is 10.2 Å². The van der Waals surface area contributed by atoms with Gasteiger partial charge >= 0.3 is 6.03 Å². The zero-order valence-electron chi connectivity index (χ0n) is 17.4. The highest BCUT2D eigenvalue weighted by Gasteiger charge is 2.24. The molecule has 7 nitrogen and oxygen atoms in total. The molecule has 1 heterocycles. The number of urea groups is 1. The van der Waals surface area contributed by atoms with Gasteiger partial charge in [0.1, 0.15) is 12.4 Å². The summed E-state index contributed by atoms with van der Waals surface area (Å²) in [5, 5.41) is 3.02. The Balaban J connectivity index is 1.54. The van der Waals surface area contributed by atoms with E-state index in [1.165, 1.54) is 0 Å². The van der Waals surface area contributed by atoms with Crippen molar-refractivity contribution >= 4 is 6.03 Å². The topological polar surface area (TPSA) is 63.3 Å². The SMILES string of the molecule is COc1cccc(C(CNC(=O)N(C)CC2COc3ccccc3O2)N(C)C)c1. The number of nitrogens with one attached hydrogen (secondary N) is 1. The Morgan fingerprint density at radius 2 is 1.93 bits per heavy atom. The maximum atomic E-state index is 12.6. The van der Waals surface area contributed by atoms with Gasteiger partial charge in [0.15, 0.2) is 17.6 Å². The number of nitrogens with zero attached hydrogens (tertiary/aromatic N) is 2. The number of amides is 2. The fraction of sp³-hybridized carbons (Fsp3) is 0.409. The molecule has 1 aliphatic rings. The van der Waals surface area contributed by atoms with E-state index < -0.39 is 0 Å². The maximum absolute atomic E-state index is 12.6. The number of benzene rings is 2. The monoisotopic (exact) mass is 399 g/mol. The van der Waals surface area contributed by atoms with Crippen LogP contribution in [0, 0.1) is 0 Å². The van der Waals surface area contributed by atoms with E-state index in [9.17, 15) is 4.79 Å². The molecule has 156 valence electrons. The third-order valence-electron chi connectivity index (χ3n) is 4.94. The van der Waals surface area contributed by atoms with Gasteiger partial charge in [-0.25, -0.2) is 4.79 Å². The summed E-state index contributed by atoms with van der Waals surface area (Å²) in [5.74, 6) is 2.25. The summed E-state index contributed by atoms with van der Waals surface area (Å²) in [5.41, 5.74) is 1.08. The lowest BCUT2D eigenvalue weighted by molar-refractivity contribution is 0.0713. The van der Waals surface area contributed by atoms with Crippen LogP contribution in [0.4, 0.5) is 4.79 Å². The number of carbonyl (C=O) groups is 1. The van der Waals surface area contributed by atoms with E-state index in [0.29, 0.717) is 25.4 Å². The minimum absolute atomic E-state index is 0.0311. The van der Waals surface area contributed by atoms with E-state index in [4.69, 9.17) is 14.2 Å². The molecule has 2 aromatic rings. The molecule has 0 bridgehead atoms. The van der Waals surface area contributed by atoms with Crippen LogP contribution in [0.3, 0.4) is 0 Å². The molecule has 2 unspecified atom stereocenters. The van der Waals surface area contributed by atoms with Crippen LogP contribution in [0.5, 0.6) is 17.2 Å². The zero-order valence-corrected chi connectivity index (χ0v) is 17.4. The summed E-state index contributed by atoms with van der Waals surface area (Å²) in [4.78, 5) is 16.3. The lowest BCUT2D eigenvalue weighted by Crippen LogP contribution is -2.47. The molecule has 3 rings (SSSR count). The van der Waals surface area contributed by atoms with Gasteiger partial charge in [0.25, 0.3) is 0 Å². The maximum Gasteiger partial charge on any atom is 0.317 e. The highest BCUT2D eigenvalue weighted by atomic mass is 16.6. The average molecular weight is 399 g/mol. The number of hydrogen-bond donors (Lipinski definition) is 1. The number of fused-ring (bicyclic) bond motifs is 1. The molecule has 0 aromatic heterocycles. The highest BCUT2D eigenvalue weighted by molar-refractivity contribution is 5.74. The van der Waals surface area contributed by atoms with Crippen molar-refractivity contribution < 1.29 is 19.0 Å². The molecule has 0 aliphatic carbocycles. The minimum atomic E-state index is -0.205. The highest BCUT2D eigenvalue weighted by Crippen LogP contribution is 2.31. The average Bonchev–Trinajstić information content (AvgIpc) is 2.73. The fourth-order valence-corrected chi connectivity index (χ4v) is 3.31. The Morgan fingerprint density at radius 1 is 1.17 bits per heavy atom. The van der Waals surface area contributed by atoms with Gasteiger partial charge in [0.05, 0.1) is 19.7 Å². The summed E-state index contributed by atoms with van der Waals surface area (Å²) in [7, 11) is 7.39. The van der Waals surface area contributed by atoms with E-state index in [1.807, 2.05) is 62.6 Å². The smallest absolute Gasteiger partial charge is 0.317 e. The largest absolute Gasteiger partial charge is 0.497 e. The van der Waals surface area contributed by atoms with Gasteiger partial charge in [-0.1, -0.05) is 24.3 Å². The van der Waals surface area contributed by atoms with Crippen LogP contribution < -0.4 is 19.5 Å². The van der Waals surface area contributed by atoms with Gasteiger partial charge in [-0.3, -0.25) is 0 Å². The molecule has 2 atom stereocenters. The minimum Gasteiger partial charge on any atom is -0.497 e. The van der Waals surface area contributed by atoms with Crippen molar-refractivity contribution in [2.75, 3.05) is 47.9 Å². The molecule has 0 saturated carbocycles. The van der Waals surface area contributed by atoms with Crippen molar-refractivity contribution in [3.63, 3.8) is 0 Å². The van der Waals surface area contributed by atoms with Crippen molar-refractivity contribution in [3.05, 3.63) is 54.1 Å². The van der Waals surface area contributed by atoms with Crippen LogP contribution in [0.25, 0.3) is 0 Å². The Labute approximate surface area is 172 Å². The fourth-order valence-electron chi connectivity index (χ4n) is 3.31. The molecule has 0 radical (unpaired) electrons. The second-order valence-corrected chi connectivity index (χ2v) is 7.32. The third kappa shape index (κ3) is 5.32. The van der Waals surface area contributed by atoms with Crippen LogP contribution in [0.1, 0.15) is 11.6 Å². The molecule has 0 saturated heterocycles. The number of likely N-dealkylation sites (N-methyl/N-ethyl adjacent to an activating group) is 2. The number of methoxy groups -OCH3 is 1. The molecule has 0 spiro atoms. The van der Waals surface area contributed by atoms with Gasteiger partial charge in [-0.15, -0.1) is 0 Å². The Hall–Kier alpha value is -2.93. The van der Waals surface area contributed by atoms with Crippen molar-refractivity contribution in [2.45, 2.75) is 12.1 Å². The van der Waals surface area contributed by atoms with Gasteiger partial charge in [0, 0.05) is 13.6 Å². The Kier molecular flexibility index (Phi) is 6.82. The first-order chi connectivity index (χ1) is 14.0. The summed E-state index contributed by atoms with van der Waals surface area (Å²) in [6.07, 6.45) is -0.205. The second-order valence-electron chi connectivity index (χ2n) is 7.32. The molecule has 0 fully saturated rings. The van der Waals surface area contributed by atoms with Crippen molar-refractivity contribution in [1.29, 1.82) is 0 Å². The molecule has 29 heavy (non-hydrogen) atoms. The molecule has 1 N–H and O–H groups in total. The summed E-state index contributed by atoms with van der Waals surface area (Å²) in [6.45, 7) is 1.33. The van der Waals surface area contributed by atoms with E-state index in [0.717, 1.165) is 17.1 Å². The first kappa shape index (κ1) is 20.8. The molecule has 2 amide bonds. The van der Waals surface area contributed by atoms with Crippen LogP contribution in [0.15, 0.2) is 48.5 Å². The van der Waals surface area contributed by atoms with Crippen LogP contribution in [-0.2, 0) is 0 Å². The third-order valence-corrected chi connectivity index (χ3v) is 4.94. The van der Waals surface area contributed by atoms with Gasteiger partial charge in [-0.2, -0.15) is 0 Å². The summed E-state index contributed by atoms with van der Waals surface area (Å²) < 4.78 is 17.0. The first-order valence-corrected chi connectivity index (χ1v) is 9.65. The van der Waals surface area contributed by atoms with Gasteiger partial charge < -0.3 is 29.3 Å². The molecular formula is C22H29N3O4. The summed E-state index contributed by atoms with van der Waals surface area (Å²) in [6, 6.07) is 15.3. The van der Waals surface area contributed by atoms with E-state index in [1.54, 1.807) is 19.1 Å². The van der Waals surface area contributed by atoms with Crippen LogP contribution >= 0.6 is 0 Å². The van der Waals surface area contributed by atoms with Crippen LogP contribution in [-0.4, -0.2) is 69.9 Å². The lowest BCUT2D eigenvalue weighted by atomic mass is 10.1. The molecule has 1 aliphatic heterocycles. The normalized spacial score (nSPS) is 16.2. The van der Waals surface area contributed by atoms with Crippen molar-refractivity contribution in [1.82, 2.24) is 15.1 Å². The lowest BCUT2D eigenvalue weighted by Gasteiger charge is -2.30. The predicted molar refractivity (Wildman–Crippen MR) is 112 cm³/mol. The molecular weight excluding hydrogens is 370 g/mol. The molecule has 7 heteroatoms. The predicted octanol–water partition coefficient (Wildman–Crippen LogP) is 2.78. The number of ether oxygens (including phenoxy) is 3. The van der Waals surface area contributed by atoms with Crippen molar-refractivity contribution in [2.24, 2.45) is 0 Å². The quantitative estimate of drug-likeness (QED) is 0.776. The summed E-state index contributed by atoms with van der Waals surface area (Å²) >= 11 is 0. The number of para-hydroxylation sites is 2. The van der Waals surface area contributed by atoms with Gasteiger partial charge in [-0.05, 0) is 43.9 Å². The number of rotatable bonds is 7. The Bertz CT molecular complexity index is 827. The second kappa shape index (κ2) is 9.52. The standard InChI is InChI=1S/C22H29N3O4/c1-24(2)19(16-8-7-9-17(12-16)27-4)13-23-22(26)25(3)14-18-15-28-20-10-5-6-11-21(20)29-18/h5-12,18-19H,13-15H2,1-4H3,(H,23,26). The zero-order chi connectivity index (χ0) is 20.8. The Morgan fingerprint density at radius 3 is 2.66 bits per heavy atom. The van der Waals surface area contributed by atoms with Crippen molar-refractivity contribution in [3.8, 4) is 17.2 Å². The molecule has 2 aromatic carbocycles. The van der Waals surface area contributed by atoms with Crippen LogP contribution in [0.2, 0.25) is 0 Å². The number of carbonyl (C=O) groups excluding carboxylic acids is 1. The number of hydrogen-bond acceptors (Lipinski definition) is 5. The van der Waals surface area contributed by atoms with E-state index in [-0.39, 0.29) is 18.2 Å². The first-order valence-electron chi connectivity index (χ1n) is 9.65.